The minimum atomic E-state index is -1.33. The molecule has 0 saturated carbocycles. The second kappa shape index (κ2) is 7.61. The van der Waals surface area contributed by atoms with E-state index in [1.54, 1.807) is 17.0 Å². The maximum Gasteiger partial charge on any atom is 0.292 e. The number of ether oxygens (including phenoxy) is 2. The summed E-state index contributed by atoms with van der Waals surface area (Å²) in [6.45, 7) is 3.60. The summed E-state index contributed by atoms with van der Waals surface area (Å²) in [7, 11) is 0. The Morgan fingerprint density at radius 3 is 2.46 bits per heavy atom. The van der Waals surface area contributed by atoms with Gasteiger partial charge in [-0.15, -0.1) is 0 Å². The molecule has 0 N–H and O–H groups in total. The minimum Gasteiger partial charge on any atom is -0.336 e. The number of unbranched alkanes of at least 4 members (excludes halogenated alkanes) is 5. The van der Waals surface area contributed by atoms with Gasteiger partial charge in [-0.1, -0.05) is 62.2 Å². The molecule has 2 heterocycles. The molecule has 0 radical (unpaired) electrons. The van der Waals surface area contributed by atoms with Gasteiger partial charge in [0.2, 0.25) is 0 Å². The van der Waals surface area contributed by atoms with Crippen molar-refractivity contribution in [3.63, 3.8) is 0 Å². The number of benzene rings is 1. The highest BCUT2D eigenvalue weighted by Gasteiger charge is 2.56. The molecule has 2 aliphatic rings. The van der Waals surface area contributed by atoms with Gasteiger partial charge in [0.25, 0.3) is 11.7 Å². The van der Waals surface area contributed by atoms with Crippen molar-refractivity contribution in [3.8, 4) is 0 Å². The molecule has 1 aromatic carbocycles. The van der Waals surface area contributed by atoms with Crippen molar-refractivity contribution in [2.45, 2.75) is 51.2 Å². The number of hydrogen-bond donors (Lipinski definition) is 0. The lowest BCUT2D eigenvalue weighted by atomic mass is 10.1. The third kappa shape index (κ3) is 3.05. The Balaban J connectivity index is 1.78. The lowest BCUT2D eigenvalue weighted by Crippen LogP contribution is -2.41. The van der Waals surface area contributed by atoms with Crippen molar-refractivity contribution in [2.24, 2.45) is 0 Å². The molecule has 1 amide bonds. The van der Waals surface area contributed by atoms with Crippen LogP contribution in [0.25, 0.3) is 0 Å². The molecule has 0 aliphatic carbocycles. The van der Waals surface area contributed by atoms with Gasteiger partial charge < -0.3 is 14.4 Å². The van der Waals surface area contributed by atoms with E-state index < -0.39 is 5.79 Å². The number of fused-ring (bicyclic) bond motifs is 2. The highest BCUT2D eigenvalue weighted by Crippen LogP contribution is 2.50. The third-order valence-electron chi connectivity index (χ3n) is 4.65. The number of nitrogens with zero attached hydrogens (tertiary/aromatic N) is 1. The molecule has 1 fully saturated rings. The SMILES string of the molecule is CCCCCCCCN1C(=O)C2(OCCO2)c2ccc(Cl)c(Cl)c21. The summed E-state index contributed by atoms with van der Waals surface area (Å²) < 4.78 is 11.4. The molecule has 6 heteroatoms. The van der Waals surface area contributed by atoms with Crippen LogP contribution in [0.5, 0.6) is 0 Å². The first-order valence-corrected chi connectivity index (χ1v) is 9.45. The maximum atomic E-state index is 13.0. The van der Waals surface area contributed by atoms with Crippen LogP contribution in [-0.4, -0.2) is 25.7 Å². The van der Waals surface area contributed by atoms with Crippen LogP contribution in [0.15, 0.2) is 12.1 Å². The van der Waals surface area contributed by atoms with Gasteiger partial charge in [0.15, 0.2) is 0 Å². The van der Waals surface area contributed by atoms with Gasteiger partial charge in [0.1, 0.15) is 0 Å². The van der Waals surface area contributed by atoms with Crippen molar-refractivity contribution in [1.29, 1.82) is 0 Å². The standard InChI is InChI=1S/C18H23Cl2NO3/c1-2-3-4-5-6-7-10-21-16-13(8-9-14(19)15(16)20)18(17(21)22)23-11-12-24-18/h8-9H,2-7,10-12H2,1H3. The van der Waals surface area contributed by atoms with Gasteiger partial charge in [-0.3, -0.25) is 4.79 Å². The average Bonchev–Trinajstić information content (AvgIpc) is 3.15. The van der Waals surface area contributed by atoms with Gasteiger partial charge in [-0.25, -0.2) is 0 Å². The predicted molar refractivity (Wildman–Crippen MR) is 95.8 cm³/mol. The smallest absolute Gasteiger partial charge is 0.292 e. The molecule has 2 aliphatic heterocycles. The Kier molecular flexibility index (Phi) is 5.70. The van der Waals surface area contributed by atoms with E-state index >= 15 is 0 Å². The van der Waals surface area contributed by atoms with Crippen LogP contribution in [0.4, 0.5) is 5.69 Å². The summed E-state index contributed by atoms with van der Waals surface area (Å²) in [6, 6.07) is 3.48. The van der Waals surface area contributed by atoms with Gasteiger partial charge in [-0.2, -0.15) is 0 Å². The zero-order valence-corrected chi connectivity index (χ0v) is 15.5. The van der Waals surface area contributed by atoms with Crippen molar-refractivity contribution in [1.82, 2.24) is 0 Å². The second-order valence-corrected chi connectivity index (χ2v) is 7.08. The lowest BCUT2D eigenvalue weighted by molar-refractivity contribution is -0.180. The summed E-state index contributed by atoms with van der Waals surface area (Å²) in [5.74, 6) is -1.51. The predicted octanol–water partition coefficient (Wildman–Crippen LogP) is 4.90. The first-order chi connectivity index (χ1) is 11.6. The van der Waals surface area contributed by atoms with Crippen LogP contribution < -0.4 is 4.90 Å². The summed E-state index contributed by atoms with van der Waals surface area (Å²) in [6.07, 6.45) is 6.93. The number of halogens is 2. The Hall–Kier alpha value is -0.810. The molecular weight excluding hydrogens is 349 g/mol. The normalized spacial score (nSPS) is 18.6. The molecule has 0 atom stereocenters. The molecule has 0 unspecified atom stereocenters. The fourth-order valence-electron chi connectivity index (χ4n) is 3.42. The van der Waals surface area contributed by atoms with Crippen LogP contribution in [-0.2, 0) is 20.1 Å². The van der Waals surface area contributed by atoms with Crippen LogP contribution in [0.1, 0.15) is 51.0 Å². The Morgan fingerprint density at radius 2 is 1.75 bits per heavy atom. The zero-order chi connectivity index (χ0) is 17.2. The van der Waals surface area contributed by atoms with Gasteiger partial charge >= 0.3 is 0 Å². The maximum absolute atomic E-state index is 13.0. The zero-order valence-electron chi connectivity index (χ0n) is 13.9. The van der Waals surface area contributed by atoms with Crippen molar-refractivity contribution < 1.29 is 14.3 Å². The molecule has 4 nitrogen and oxygen atoms in total. The first kappa shape index (κ1) is 18.0. The number of carbonyl (C=O) groups excluding carboxylic acids is 1. The summed E-state index contributed by atoms with van der Waals surface area (Å²) in [5, 5.41) is 0.829. The van der Waals surface area contributed by atoms with Gasteiger partial charge in [0.05, 0.1) is 28.9 Å². The fraction of sp³-hybridized carbons (Fsp3) is 0.611. The molecule has 24 heavy (non-hydrogen) atoms. The quantitative estimate of drug-likeness (QED) is 0.639. The van der Waals surface area contributed by atoms with Crippen molar-refractivity contribution in [3.05, 3.63) is 27.7 Å². The summed E-state index contributed by atoms with van der Waals surface area (Å²) >= 11 is 12.6. The van der Waals surface area contributed by atoms with Gasteiger partial charge in [-0.05, 0) is 18.6 Å². The highest BCUT2D eigenvalue weighted by atomic mass is 35.5. The monoisotopic (exact) mass is 371 g/mol. The van der Waals surface area contributed by atoms with Crippen LogP contribution in [0, 0.1) is 0 Å². The molecule has 1 spiro atoms. The first-order valence-electron chi connectivity index (χ1n) is 8.70. The van der Waals surface area contributed by atoms with Crippen molar-refractivity contribution in [2.75, 3.05) is 24.7 Å². The number of rotatable bonds is 7. The Bertz CT molecular complexity index is 615. The van der Waals surface area contributed by atoms with E-state index in [2.05, 4.69) is 6.92 Å². The van der Waals surface area contributed by atoms with E-state index in [9.17, 15) is 4.79 Å². The van der Waals surface area contributed by atoms with E-state index in [4.69, 9.17) is 32.7 Å². The second-order valence-electron chi connectivity index (χ2n) is 6.30. The summed E-state index contributed by atoms with van der Waals surface area (Å²) in [5.41, 5.74) is 1.31. The molecule has 0 aromatic heterocycles. The Morgan fingerprint density at radius 1 is 1.08 bits per heavy atom. The van der Waals surface area contributed by atoms with E-state index in [1.165, 1.54) is 25.7 Å². The van der Waals surface area contributed by atoms with Crippen LogP contribution in [0.3, 0.4) is 0 Å². The largest absolute Gasteiger partial charge is 0.336 e. The molecular formula is C18H23Cl2NO3. The number of carbonyl (C=O) groups is 1. The molecule has 1 saturated heterocycles. The van der Waals surface area contributed by atoms with E-state index in [-0.39, 0.29) is 5.91 Å². The minimum absolute atomic E-state index is 0.187. The average molecular weight is 372 g/mol. The number of hydrogen-bond acceptors (Lipinski definition) is 3. The van der Waals surface area contributed by atoms with E-state index in [1.807, 2.05) is 0 Å². The number of anilines is 1. The summed E-state index contributed by atoms with van der Waals surface area (Å²) in [4.78, 5) is 14.7. The Labute approximate surface area is 153 Å². The molecule has 132 valence electrons. The van der Waals surface area contributed by atoms with Gasteiger partial charge in [0, 0.05) is 12.1 Å². The van der Waals surface area contributed by atoms with Crippen LogP contribution in [0.2, 0.25) is 10.0 Å². The molecule has 0 bridgehead atoms. The van der Waals surface area contributed by atoms with Crippen molar-refractivity contribution >= 4 is 34.8 Å². The van der Waals surface area contributed by atoms with E-state index in [0.29, 0.717) is 41.1 Å². The lowest BCUT2D eigenvalue weighted by Gasteiger charge is -2.22. The molecule has 1 aromatic rings. The topological polar surface area (TPSA) is 38.8 Å². The fourth-order valence-corrected chi connectivity index (χ4v) is 3.84. The molecule has 3 rings (SSSR count). The number of amides is 1. The highest BCUT2D eigenvalue weighted by molar-refractivity contribution is 6.44. The van der Waals surface area contributed by atoms with E-state index in [0.717, 1.165) is 12.8 Å². The van der Waals surface area contributed by atoms with Crippen LogP contribution >= 0.6 is 23.2 Å². The third-order valence-corrected chi connectivity index (χ3v) is 5.44.